The molecule has 0 fully saturated rings. The lowest BCUT2D eigenvalue weighted by molar-refractivity contribution is 0.414. The Labute approximate surface area is 515 Å². The Balaban J connectivity index is 0.000000153. The number of rotatable bonds is 12. The second-order valence-corrected chi connectivity index (χ2v) is 25.8. The first-order valence-corrected chi connectivity index (χ1v) is 31.6. The molecule has 3 heterocycles. The van der Waals surface area contributed by atoms with Crippen LogP contribution in [0.1, 0.15) is 36.1 Å². The van der Waals surface area contributed by atoms with E-state index in [0.717, 1.165) is 61.7 Å². The van der Waals surface area contributed by atoms with Gasteiger partial charge in [0.15, 0.2) is 0 Å². The molecule has 7 nitrogen and oxygen atoms in total. The van der Waals surface area contributed by atoms with E-state index in [9.17, 15) is 0 Å². The minimum Gasteiger partial charge on any atom is -0.497 e. The minimum absolute atomic E-state index is 0.225. The van der Waals surface area contributed by atoms with Gasteiger partial charge in [-0.3, -0.25) is 0 Å². The molecule has 85 heavy (non-hydrogen) atoms. The number of nitrogens with zero attached hydrogens (tertiary/aromatic N) is 2. The molecule has 2 aromatic heterocycles. The maximum atomic E-state index is 7.26. The average molecular weight is 1210 g/mol. The Morgan fingerprint density at radius 3 is 1.26 bits per heavy atom. The van der Waals surface area contributed by atoms with E-state index in [4.69, 9.17) is 54.7 Å². The molecule has 1 aliphatic heterocycles. The van der Waals surface area contributed by atoms with Gasteiger partial charge in [-0.25, -0.2) is 9.97 Å². The van der Waals surface area contributed by atoms with Gasteiger partial charge in [-0.2, -0.15) is 0 Å². The van der Waals surface area contributed by atoms with E-state index in [1.165, 1.54) is 43.0 Å². The summed E-state index contributed by atoms with van der Waals surface area (Å²) in [5.74, 6) is 4.52. The van der Waals surface area contributed by atoms with Crippen molar-refractivity contribution in [3.63, 3.8) is 0 Å². The van der Waals surface area contributed by atoms with Crippen molar-refractivity contribution in [3.05, 3.63) is 304 Å². The molecule has 12 heteroatoms. The summed E-state index contributed by atoms with van der Waals surface area (Å²) in [6, 6.07) is 91.8. The largest absolute Gasteiger partial charge is 0.497 e. The molecule has 10 aromatic carbocycles. The van der Waals surface area contributed by atoms with E-state index >= 15 is 0 Å². The zero-order valence-corrected chi connectivity index (χ0v) is 51.6. The Kier molecular flexibility index (Phi) is 20.2. The first-order chi connectivity index (χ1) is 41.5. The first kappa shape index (κ1) is 60.0. The van der Waals surface area contributed by atoms with E-state index in [1.54, 1.807) is 20.3 Å². The Bertz CT molecular complexity index is 3890. The van der Waals surface area contributed by atoms with Gasteiger partial charge in [0, 0.05) is 51.0 Å². The van der Waals surface area contributed by atoms with E-state index in [-0.39, 0.29) is 5.41 Å². The van der Waals surface area contributed by atoms with Crippen LogP contribution in [0.4, 0.5) is 5.82 Å². The third kappa shape index (κ3) is 14.5. The summed E-state index contributed by atoms with van der Waals surface area (Å²) >= 11 is 18.0. The number of aromatic nitrogens is 2. The average Bonchev–Trinajstić information content (AvgIpc) is 1.30. The fourth-order valence-corrected chi connectivity index (χ4v) is 15.6. The summed E-state index contributed by atoms with van der Waals surface area (Å²) < 4.78 is 17.4. The van der Waals surface area contributed by atoms with Gasteiger partial charge in [0.05, 0.1) is 35.3 Å². The van der Waals surface area contributed by atoms with Crippen molar-refractivity contribution < 1.29 is 14.2 Å². The molecule has 13 rings (SSSR count). The van der Waals surface area contributed by atoms with Crippen LogP contribution in [0.2, 0.25) is 15.2 Å². The number of benzene rings is 10. The van der Waals surface area contributed by atoms with Gasteiger partial charge in [0.25, 0.3) is 0 Å². The van der Waals surface area contributed by atoms with Crippen molar-refractivity contribution >= 4 is 110 Å². The number of methoxy groups -OCH3 is 2. The number of hydrogen-bond acceptors (Lipinski definition) is 7. The molecule has 0 saturated heterocycles. The van der Waals surface area contributed by atoms with Crippen LogP contribution in [0.15, 0.2) is 267 Å². The van der Waals surface area contributed by atoms with Crippen molar-refractivity contribution in [1.82, 2.24) is 9.97 Å². The highest BCUT2D eigenvalue weighted by molar-refractivity contribution is 7.80. The maximum Gasteiger partial charge on any atom is 0.139 e. The molecule has 3 N–H and O–H groups in total. The first-order valence-electron chi connectivity index (χ1n) is 27.7. The normalized spacial score (nSPS) is 11.8. The summed E-state index contributed by atoms with van der Waals surface area (Å²) in [6.07, 6.45) is 0. The van der Waals surface area contributed by atoms with Crippen molar-refractivity contribution in [2.24, 2.45) is 5.73 Å². The summed E-state index contributed by atoms with van der Waals surface area (Å²) in [4.78, 5) is 8.68. The van der Waals surface area contributed by atoms with E-state index in [2.05, 4.69) is 187 Å². The van der Waals surface area contributed by atoms with Crippen molar-refractivity contribution in [2.75, 3.05) is 19.5 Å². The number of hydrogen-bond donors (Lipinski definition) is 2. The summed E-state index contributed by atoms with van der Waals surface area (Å²) in [5, 5.41) is 14.8. The number of anilines is 1. The number of para-hydroxylation sites is 4. The van der Waals surface area contributed by atoms with Gasteiger partial charge in [0.1, 0.15) is 34.0 Å². The standard InChI is InChI=1S/C39H32OP2.C17H15ClN2O.C9H5Cl2N.C8H11NO/c1-39(2)33-25-15-27-35(41(29-17-7-3-8-18-29)30-19-9-4-10-20-30)37(33)40-38-34(39)26-16-28-36(38)42(31-21-11-5-12-22-31)32-23-13-6-14-24-32;1-21-13-8-6-12(7-9-13)11-19-17-10-15(18)14-4-2-3-5-16(14)20-17;10-7-5-9(11)12-8-4-2-1-3-6(7)8;1-10-8-4-2-7(6-9)3-5-8/h3-28H,1-2H3;2-10H,11H2,1H3,(H,19,20);1-5H;2-5H,6,9H2,1H3. The fraction of sp³-hybridized carbons (Fsp3) is 0.0959. The fourth-order valence-electron chi connectivity index (χ4n) is 10.0. The van der Waals surface area contributed by atoms with Gasteiger partial charge in [-0.15, -0.1) is 0 Å². The molecule has 12 aromatic rings. The maximum absolute atomic E-state index is 7.26. The monoisotopic (exact) mass is 1210 g/mol. The molecule has 0 radical (unpaired) electrons. The van der Waals surface area contributed by atoms with Crippen molar-refractivity contribution in [2.45, 2.75) is 32.4 Å². The van der Waals surface area contributed by atoms with Crippen molar-refractivity contribution in [3.8, 4) is 23.0 Å². The molecule has 0 bridgehead atoms. The molecule has 0 spiro atoms. The number of nitrogens with one attached hydrogen (secondary N) is 1. The second kappa shape index (κ2) is 28.7. The van der Waals surface area contributed by atoms with E-state index in [0.29, 0.717) is 28.3 Å². The van der Waals surface area contributed by atoms with Crippen LogP contribution in [-0.4, -0.2) is 24.2 Å². The van der Waals surface area contributed by atoms with Crippen LogP contribution in [0.25, 0.3) is 21.8 Å². The smallest absolute Gasteiger partial charge is 0.139 e. The highest BCUT2D eigenvalue weighted by Crippen LogP contribution is 2.52. The lowest BCUT2D eigenvalue weighted by Gasteiger charge is -2.38. The predicted octanol–water partition coefficient (Wildman–Crippen LogP) is 16.8. The molecule has 0 unspecified atom stereocenters. The number of pyridine rings is 2. The van der Waals surface area contributed by atoms with Gasteiger partial charge in [-0.1, -0.05) is 267 Å². The zero-order chi connectivity index (χ0) is 59.1. The van der Waals surface area contributed by atoms with E-state index in [1.807, 2.05) is 103 Å². The van der Waals surface area contributed by atoms with Gasteiger partial charge in [-0.05, 0) is 96.7 Å². The van der Waals surface area contributed by atoms with E-state index < -0.39 is 15.8 Å². The highest BCUT2D eigenvalue weighted by atomic mass is 35.5. The lowest BCUT2D eigenvalue weighted by atomic mass is 9.76. The van der Waals surface area contributed by atoms with Crippen LogP contribution in [0.5, 0.6) is 23.0 Å². The number of nitrogens with two attached hydrogens (primary N) is 1. The molecule has 1 aliphatic rings. The number of fused-ring (bicyclic) bond motifs is 4. The van der Waals surface area contributed by atoms with Crippen LogP contribution in [0, 0.1) is 0 Å². The summed E-state index contributed by atoms with van der Waals surface area (Å²) in [5.41, 5.74) is 11.7. The summed E-state index contributed by atoms with van der Waals surface area (Å²) in [6.45, 7) is 5.97. The van der Waals surface area contributed by atoms with Crippen LogP contribution < -0.4 is 57.1 Å². The topological polar surface area (TPSA) is 91.5 Å². The van der Waals surface area contributed by atoms with Gasteiger partial charge in [0.2, 0.25) is 0 Å². The molecule has 0 atom stereocenters. The second-order valence-electron chi connectivity index (χ2n) is 20.3. The highest BCUT2D eigenvalue weighted by Gasteiger charge is 2.39. The van der Waals surface area contributed by atoms with Crippen molar-refractivity contribution in [1.29, 1.82) is 0 Å². The Morgan fingerprint density at radius 2 is 0.835 bits per heavy atom. The van der Waals surface area contributed by atoms with Gasteiger partial charge < -0.3 is 25.3 Å². The Morgan fingerprint density at radius 1 is 0.447 bits per heavy atom. The lowest BCUT2D eigenvalue weighted by Crippen LogP contribution is -2.32. The predicted molar refractivity (Wildman–Crippen MR) is 362 cm³/mol. The third-order valence-corrected chi connectivity index (χ3v) is 20.2. The summed E-state index contributed by atoms with van der Waals surface area (Å²) in [7, 11) is 1.66. The SMILES string of the molecule is CC1(C)c2cccc(P(c3ccccc3)c3ccccc3)c2Oc2c(P(c3ccccc3)c3ccccc3)cccc21.COc1ccc(CN)cc1.COc1ccc(CNc2cc(Cl)c3ccccc3n2)cc1.Clc1cc(Cl)c2ccccc2n1. The molecule has 0 amide bonds. The Hall–Kier alpha value is -8.09. The number of ether oxygens (including phenoxy) is 3. The molecule has 424 valence electrons. The quantitative estimate of drug-likeness (QED) is 0.0930. The van der Waals surface area contributed by atoms with Crippen LogP contribution >= 0.6 is 50.6 Å². The van der Waals surface area contributed by atoms with Gasteiger partial charge >= 0.3 is 0 Å². The molecule has 0 aliphatic carbocycles. The third-order valence-electron chi connectivity index (χ3n) is 14.4. The molecular formula is C73H63Cl3N4O3P2. The van der Waals surface area contributed by atoms with Crippen LogP contribution in [0.3, 0.4) is 0 Å². The van der Waals surface area contributed by atoms with Crippen LogP contribution in [-0.2, 0) is 18.5 Å². The number of halogens is 3. The molecular weight excluding hydrogens is 1150 g/mol. The molecule has 0 saturated carbocycles. The zero-order valence-electron chi connectivity index (χ0n) is 47.5. The minimum atomic E-state index is -0.824.